The number of primary amides is 1. The SMILES string of the molecule is C[C@H]1c2ccc(-c3cccc(C=O)c3)c(O)c2C(=O)C2=C(O)[C@]3(O)C(=O)C(C(N)=O)=C(O)[C@@H](N(C)C)[C@@H]3[C@@H](O)[C@@H]21. The summed E-state index contributed by atoms with van der Waals surface area (Å²) in [5.41, 5.74) is 2.07. The Morgan fingerprint density at radius 2 is 1.77 bits per heavy atom. The molecule has 0 saturated carbocycles. The fraction of sp³-hybridized carbons (Fsp3) is 0.310. The highest BCUT2D eigenvalue weighted by Gasteiger charge is 2.67. The zero-order valence-electron chi connectivity index (χ0n) is 21.8. The summed E-state index contributed by atoms with van der Waals surface area (Å²) in [6.07, 6.45) is -1.03. The number of Topliss-reactive ketones (excluding diaryl/α,β-unsaturated/α-hetero) is 2. The maximum absolute atomic E-state index is 14.0. The summed E-state index contributed by atoms with van der Waals surface area (Å²) in [5.74, 6) is -9.46. The van der Waals surface area contributed by atoms with E-state index in [0.717, 1.165) is 0 Å². The molecule has 5 rings (SSSR count). The highest BCUT2D eigenvalue weighted by molar-refractivity contribution is 6.25. The Morgan fingerprint density at radius 3 is 2.38 bits per heavy atom. The number of aromatic hydroxyl groups is 1. The molecule has 0 saturated heterocycles. The van der Waals surface area contributed by atoms with Crippen LogP contribution in [0.2, 0.25) is 0 Å². The van der Waals surface area contributed by atoms with Gasteiger partial charge < -0.3 is 31.3 Å². The summed E-state index contributed by atoms with van der Waals surface area (Å²) in [4.78, 5) is 52.2. The van der Waals surface area contributed by atoms with E-state index in [2.05, 4.69) is 0 Å². The number of ketones is 2. The number of phenolic OH excluding ortho intramolecular Hbond substituents is 1. The standard InChI is InChI=1S/C29H28N2O9/c1-11-14-7-8-15(13-6-4-5-12(9-13)10-32)22(33)17(14)23(34)18-16(11)24(35)20-21(31(2)3)25(36)19(28(30)39)27(38)29(20,40)26(18)37/h4-11,16,20-21,24,33,35-37,40H,1-3H3,(H2,30,39)/t11-,16+,20+,21-,24-,29-/m0/s1. The van der Waals surface area contributed by atoms with Gasteiger partial charge in [0.15, 0.2) is 11.4 Å². The Hall–Kier alpha value is -4.32. The molecule has 0 heterocycles. The molecule has 0 radical (unpaired) electrons. The summed E-state index contributed by atoms with van der Waals surface area (Å²) in [6, 6.07) is 8.18. The molecule has 0 fully saturated rings. The maximum Gasteiger partial charge on any atom is 0.255 e. The molecule has 0 aliphatic heterocycles. The minimum Gasteiger partial charge on any atom is -0.510 e. The summed E-state index contributed by atoms with van der Waals surface area (Å²) < 4.78 is 0. The number of nitrogens with zero attached hydrogens (tertiary/aromatic N) is 1. The zero-order chi connectivity index (χ0) is 29.4. The number of amides is 1. The van der Waals surface area contributed by atoms with E-state index in [1.54, 1.807) is 37.3 Å². The van der Waals surface area contributed by atoms with Gasteiger partial charge in [-0.1, -0.05) is 37.3 Å². The molecule has 208 valence electrons. The molecule has 0 unspecified atom stereocenters. The first kappa shape index (κ1) is 27.3. The minimum atomic E-state index is -2.98. The van der Waals surface area contributed by atoms with E-state index in [1.807, 2.05) is 0 Å². The first-order valence-electron chi connectivity index (χ1n) is 12.5. The Kier molecular flexibility index (Phi) is 6.21. The molecule has 3 aliphatic carbocycles. The van der Waals surface area contributed by atoms with Gasteiger partial charge in [0, 0.05) is 22.6 Å². The first-order valence-corrected chi connectivity index (χ1v) is 12.5. The van der Waals surface area contributed by atoms with Gasteiger partial charge in [0.2, 0.25) is 5.78 Å². The van der Waals surface area contributed by atoms with Crippen molar-refractivity contribution in [3.63, 3.8) is 0 Å². The van der Waals surface area contributed by atoms with Gasteiger partial charge in [-0.15, -0.1) is 0 Å². The van der Waals surface area contributed by atoms with Crippen molar-refractivity contribution in [1.82, 2.24) is 4.90 Å². The second-order valence-corrected chi connectivity index (χ2v) is 10.7. The predicted molar refractivity (Wildman–Crippen MR) is 141 cm³/mol. The van der Waals surface area contributed by atoms with E-state index in [0.29, 0.717) is 23.0 Å². The van der Waals surface area contributed by atoms with Gasteiger partial charge in [0.1, 0.15) is 29.1 Å². The maximum atomic E-state index is 14.0. The molecule has 3 aliphatic rings. The molecular weight excluding hydrogens is 520 g/mol. The smallest absolute Gasteiger partial charge is 0.255 e. The monoisotopic (exact) mass is 548 g/mol. The number of rotatable bonds is 4. The van der Waals surface area contributed by atoms with Crippen LogP contribution in [0.1, 0.15) is 39.1 Å². The number of likely N-dealkylation sites (N-methyl/N-ethyl adjacent to an activating group) is 1. The second-order valence-electron chi connectivity index (χ2n) is 10.7. The van der Waals surface area contributed by atoms with Crippen LogP contribution in [0.15, 0.2) is 59.1 Å². The average Bonchev–Trinajstić information content (AvgIpc) is 2.90. The van der Waals surface area contributed by atoms with Gasteiger partial charge in [0.05, 0.1) is 23.6 Å². The highest BCUT2D eigenvalue weighted by Crippen LogP contribution is 2.56. The lowest BCUT2D eigenvalue weighted by molar-refractivity contribution is -0.162. The van der Waals surface area contributed by atoms with Crippen LogP contribution in [0.4, 0.5) is 0 Å². The number of aliphatic hydroxyl groups is 4. The van der Waals surface area contributed by atoms with Crippen molar-refractivity contribution < 1.29 is 44.7 Å². The van der Waals surface area contributed by atoms with E-state index in [9.17, 15) is 44.7 Å². The van der Waals surface area contributed by atoms with Crippen molar-refractivity contribution in [1.29, 1.82) is 0 Å². The van der Waals surface area contributed by atoms with Gasteiger partial charge >= 0.3 is 0 Å². The van der Waals surface area contributed by atoms with Crippen molar-refractivity contribution in [3.8, 4) is 16.9 Å². The lowest BCUT2D eigenvalue weighted by Gasteiger charge is -2.53. The van der Waals surface area contributed by atoms with Crippen LogP contribution in [0, 0.1) is 11.8 Å². The van der Waals surface area contributed by atoms with Gasteiger partial charge in [-0.25, -0.2) is 0 Å². The largest absolute Gasteiger partial charge is 0.510 e. The van der Waals surface area contributed by atoms with Gasteiger partial charge in [-0.3, -0.25) is 24.1 Å². The Morgan fingerprint density at radius 1 is 1.10 bits per heavy atom. The molecular formula is C29H28N2O9. The fourth-order valence-corrected chi connectivity index (χ4v) is 6.64. The lowest BCUT2D eigenvalue weighted by Crippen LogP contribution is -2.68. The molecule has 6 atom stereocenters. The topological polar surface area (TPSA) is 199 Å². The molecule has 0 aromatic heterocycles. The normalized spacial score (nSPS) is 29.7. The van der Waals surface area contributed by atoms with Crippen LogP contribution in [0.3, 0.4) is 0 Å². The van der Waals surface area contributed by atoms with E-state index >= 15 is 0 Å². The molecule has 1 amide bonds. The summed E-state index contributed by atoms with van der Waals surface area (Å²) in [5, 5.41) is 57.0. The molecule has 11 heteroatoms. The summed E-state index contributed by atoms with van der Waals surface area (Å²) in [6.45, 7) is 1.66. The van der Waals surface area contributed by atoms with Crippen LogP contribution in [-0.4, -0.2) is 86.0 Å². The summed E-state index contributed by atoms with van der Waals surface area (Å²) >= 11 is 0. The third-order valence-electron chi connectivity index (χ3n) is 8.46. The van der Waals surface area contributed by atoms with Crippen LogP contribution in [0.25, 0.3) is 11.1 Å². The van der Waals surface area contributed by atoms with Crippen molar-refractivity contribution in [2.75, 3.05) is 14.1 Å². The van der Waals surface area contributed by atoms with Crippen molar-refractivity contribution >= 4 is 23.8 Å². The quantitative estimate of drug-likeness (QED) is 0.238. The molecule has 7 N–H and O–H groups in total. The molecule has 11 nitrogen and oxygen atoms in total. The Labute approximate surface area is 228 Å². The lowest BCUT2D eigenvalue weighted by atomic mass is 9.55. The Balaban J connectivity index is 1.76. The van der Waals surface area contributed by atoms with Crippen molar-refractivity contribution in [3.05, 3.63) is 75.8 Å². The van der Waals surface area contributed by atoms with Crippen LogP contribution < -0.4 is 5.73 Å². The number of nitrogens with two attached hydrogens (primary N) is 1. The van der Waals surface area contributed by atoms with E-state index in [-0.39, 0.29) is 11.1 Å². The molecule has 2 aromatic carbocycles. The molecule has 40 heavy (non-hydrogen) atoms. The minimum absolute atomic E-state index is 0.200. The number of carbonyl (C=O) groups is 4. The van der Waals surface area contributed by atoms with Crippen LogP contribution >= 0.6 is 0 Å². The Bertz CT molecular complexity index is 1570. The van der Waals surface area contributed by atoms with E-state index in [4.69, 9.17) is 5.73 Å². The van der Waals surface area contributed by atoms with Crippen LogP contribution in [0.5, 0.6) is 5.75 Å². The van der Waals surface area contributed by atoms with Crippen LogP contribution in [-0.2, 0) is 9.59 Å². The second kappa shape index (κ2) is 9.12. The molecule has 0 bridgehead atoms. The summed E-state index contributed by atoms with van der Waals surface area (Å²) in [7, 11) is 2.95. The number of carbonyl (C=O) groups excluding carboxylic acids is 4. The number of benzene rings is 2. The number of aldehydes is 1. The zero-order valence-corrected chi connectivity index (χ0v) is 21.8. The third kappa shape index (κ3) is 3.41. The van der Waals surface area contributed by atoms with Gasteiger partial charge in [-0.05, 0) is 37.2 Å². The first-order chi connectivity index (χ1) is 18.8. The van der Waals surface area contributed by atoms with Gasteiger partial charge in [-0.2, -0.15) is 0 Å². The van der Waals surface area contributed by atoms with E-state index < -0.39 is 81.4 Å². The van der Waals surface area contributed by atoms with E-state index in [1.165, 1.54) is 25.1 Å². The third-order valence-corrected chi connectivity index (χ3v) is 8.46. The number of fused-ring (bicyclic) bond motifs is 3. The highest BCUT2D eigenvalue weighted by atomic mass is 16.4. The fourth-order valence-electron chi connectivity index (χ4n) is 6.64. The van der Waals surface area contributed by atoms with Crippen molar-refractivity contribution in [2.24, 2.45) is 17.6 Å². The number of phenols is 1. The number of aliphatic hydroxyl groups excluding tert-OH is 3. The predicted octanol–water partition coefficient (Wildman–Crippen LogP) is 1.13. The van der Waals surface area contributed by atoms with Crippen molar-refractivity contribution in [2.45, 2.75) is 30.6 Å². The molecule has 0 spiro atoms. The molecule has 2 aromatic rings. The number of hydrogen-bond donors (Lipinski definition) is 6. The number of hydrogen-bond acceptors (Lipinski definition) is 10. The average molecular weight is 549 g/mol. The van der Waals surface area contributed by atoms with Gasteiger partial charge in [0.25, 0.3) is 5.91 Å².